The van der Waals surface area contributed by atoms with Gasteiger partial charge in [-0.3, -0.25) is 0 Å². The Balaban J connectivity index is 1.71. The third kappa shape index (κ3) is 4.99. The molecule has 1 atom stereocenters. The number of hydrogen-bond donors (Lipinski definition) is 0. The van der Waals surface area contributed by atoms with Gasteiger partial charge < -0.3 is 4.74 Å². The van der Waals surface area contributed by atoms with Crippen molar-refractivity contribution in [3.8, 4) is 0 Å². The van der Waals surface area contributed by atoms with Gasteiger partial charge in [-0.25, -0.2) is 9.40 Å². The molecule has 0 aliphatic carbocycles. The predicted octanol–water partition coefficient (Wildman–Crippen LogP) is 3.58. The molecule has 0 N–H and O–H groups in total. The van der Waals surface area contributed by atoms with Gasteiger partial charge in [0.05, 0.1) is 31.4 Å². The molecule has 1 unspecified atom stereocenters. The van der Waals surface area contributed by atoms with E-state index in [-0.39, 0.29) is 30.6 Å². The van der Waals surface area contributed by atoms with E-state index in [2.05, 4.69) is 9.50 Å². The molecular weight excluding hydrogens is 475 g/mol. The Kier molecular flexibility index (Phi) is 7.16. The van der Waals surface area contributed by atoms with E-state index in [4.69, 9.17) is 16.3 Å². The molecule has 7 nitrogen and oxygen atoms in total. The SMILES string of the molecule is CS/C(=N\S(=O)(=O)N1CCOCC1)N1CC(c2ccccc2F)C(c2ccc(Cl)cc2)=N1. The highest BCUT2D eigenvalue weighted by Crippen LogP contribution is 2.32. The molecule has 2 aromatic rings. The third-order valence-electron chi connectivity index (χ3n) is 5.23. The van der Waals surface area contributed by atoms with Gasteiger partial charge in [0, 0.05) is 18.1 Å². The molecule has 0 radical (unpaired) electrons. The van der Waals surface area contributed by atoms with Gasteiger partial charge in [-0.05, 0) is 35.6 Å². The van der Waals surface area contributed by atoms with Crippen LogP contribution >= 0.6 is 23.4 Å². The molecule has 0 aromatic heterocycles. The number of thioether (sulfide) groups is 1. The fourth-order valence-electron chi connectivity index (χ4n) is 3.63. The Morgan fingerprint density at radius 2 is 1.88 bits per heavy atom. The van der Waals surface area contributed by atoms with Crippen molar-refractivity contribution in [2.45, 2.75) is 5.92 Å². The predicted molar refractivity (Wildman–Crippen MR) is 126 cm³/mol. The van der Waals surface area contributed by atoms with Gasteiger partial charge in [-0.2, -0.15) is 17.8 Å². The minimum absolute atomic E-state index is 0.224. The first-order chi connectivity index (χ1) is 15.4. The molecular formula is C21H22ClFN4O3S2. The van der Waals surface area contributed by atoms with Crippen molar-refractivity contribution in [1.29, 1.82) is 0 Å². The third-order valence-corrected chi connectivity index (χ3v) is 7.68. The quantitative estimate of drug-likeness (QED) is 0.478. The average molecular weight is 497 g/mol. The Morgan fingerprint density at radius 3 is 2.53 bits per heavy atom. The molecule has 2 aliphatic heterocycles. The van der Waals surface area contributed by atoms with Crippen molar-refractivity contribution in [1.82, 2.24) is 9.31 Å². The summed E-state index contributed by atoms with van der Waals surface area (Å²) in [4.78, 5) is 0. The van der Waals surface area contributed by atoms with E-state index in [1.54, 1.807) is 36.6 Å². The molecule has 2 aromatic carbocycles. The van der Waals surface area contributed by atoms with E-state index in [0.29, 0.717) is 29.5 Å². The van der Waals surface area contributed by atoms with Gasteiger partial charge >= 0.3 is 10.2 Å². The van der Waals surface area contributed by atoms with Gasteiger partial charge in [0.1, 0.15) is 5.82 Å². The molecule has 0 bridgehead atoms. The Bertz CT molecular complexity index is 1140. The lowest BCUT2D eigenvalue weighted by Gasteiger charge is -2.24. The van der Waals surface area contributed by atoms with Gasteiger partial charge in [-0.15, -0.1) is 4.40 Å². The van der Waals surface area contributed by atoms with Crippen LogP contribution in [0, 0.1) is 5.82 Å². The number of rotatable bonds is 4. The van der Waals surface area contributed by atoms with Crippen molar-refractivity contribution in [3.63, 3.8) is 0 Å². The van der Waals surface area contributed by atoms with Crippen LogP contribution in [-0.2, 0) is 14.9 Å². The van der Waals surface area contributed by atoms with E-state index >= 15 is 0 Å². The summed E-state index contributed by atoms with van der Waals surface area (Å²) in [5, 5.41) is 7.00. The largest absolute Gasteiger partial charge is 0.379 e. The maximum absolute atomic E-state index is 14.7. The van der Waals surface area contributed by atoms with E-state index in [9.17, 15) is 12.8 Å². The monoisotopic (exact) mass is 496 g/mol. The van der Waals surface area contributed by atoms with Gasteiger partial charge in [-0.1, -0.05) is 53.7 Å². The highest BCUT2D eigenvalue weighted by atomic mass is 35.5. The second-order valence-corrected chi connectivity index (χ2v) is 10.0. The topological polar surface area (TPSA) is 74.6 Å². The zero-order chi connectivity index (χ0) is 22.7. The standard InChI is InChI=1S/C21H22ClFN4O3S2/c1-31-21(25-32(28,29)26-10-12-30-13-11-26)27-14-18(17-4-2-3-5-19(17)23)20(24-27)15-6-8-16(22)9-7-15/h2-9,18H,10-14H2,1H3/b25-21-. The highest BCUT2D eigenvalue weighted by Gasteiger charge is 2.34. The first-order valence-electron chi connectivity index (χ1n) is 9.97. The number of morpholine rings is 1. The van der Waals surface area contributed by atoms with Crippen LogP contribution in [0.25, 0.3) is 0 Å². The number of halogens is 2. The molecule has 0 spiro atoms. The lowest BCUT2D eigenvalue weighted by atomic mass is 9.90. The van der Waals surface area contributed by atoms with Gasteiger partial charge in [0.15, 0.2) is 5.17 Å². The number of benzene rings is 2. The summed E-state index contributed by atoms with van der Waals surface area (Å²) >= 11 is 7.21. The Labute approximate surface area is 196 Å². The molecule has 1 saturated heterocycles. The number of ether oxygens (including phenoxy) is 1. The van der Waals surface area contributed by atoms with Crippen LogP contribution in [0.15, 0.2) is 58.0 Å². The van der Waals surface area contributed by atoms with Crippen molar-refractivity contribution in [2.75, 3.05) is 39.1 Å². The summed E-state index contributed by atoms with van der Waals surface area (Å²) < 4.78 is 50.9. The first-order valence-corrected chi connectivity index (χ1v) is 13.0. The van der Waals surface area contributed by atoms with E-state index < -0.39 is 16.1 Å². The second kappa shape index (κ2) is 9.88. The Hall–Kier alpha value is -1.98. The zero-order valence-electron chi connectivity index (χ0n) is 17.3. The van der Waals surface area contributed by atoms with Crippen molar-refractivity contribution in [3.05, 3.63) is 70.5 Å². The maximum atomic E-state index is 14.7. The van der Waals surface area contributed by atoms with Crippen molar-refractivity contribution >= 4 is 44.5 Å². The minimum Gasteiger partial charge on any atom is -0.379 e. The summed E-state index contributed by atoms with van der Waals surface area (Å²) in [6, 6.07) is 13.7. The molecule has 4 rings (SSSR count). The maximum Gasteiger partial charge on any atom is 0.324 e. The van der Waals surface area contributed by atoms with E-state index in [1.165, 1.54) is 27.1 Å². The molecule has 0 saturated carbocycles. The number of hydrazone groups is 1. The molecule has 0 amide bonds. The fraction of sp³-hybridized carbons (Fsp3) is 0.333. The zero-order valence-corrected chi connectivity index (χ0v) is 19.7. The van der Waals surface area contributed by atoms with Crippen LogP contribution in [0.3, 0.4) is 0 Å². The molecule has 2 heterocycles. The van der Waals surface area contributed by atoms with Gasteiger partial charge in [0.25, 0.3) is 0 Å². The van der Waals surface area contributed by atoms with Crippen LogP contribution in [0.1, 0.15) is 17.0 Å². The smallest absolute Gasteiger partial charge is 0.324 e. The van der Waals surface area contributed by atoms with Crippen LogP contribution in [0.2, 0.25) is 5.02 Å². The molecule has 32 heavy (non-hydrogen) atoms. The molecule has 170 valence electrons. The van der Waals surface area contributed by atoms with Crippen molar-refractivity contribution in [2.24, 2.45) is 9.50 Å². The van der Waals surface area contributed by atoms with Crippen LogP contribution in [0.5, 0.6) is 0 Å². The summed E-state index contributed by atoms with van der Waals surface area (Å²) in [6.07, 6.45) is 1.74. The number of hydrogen-bond acceptors (Lipinski definition) is 5. The van der Waals surface area contributed by atoms with E-state index in [1.807, 2.05) is 12.1 Å². The first kappa shape index (κ1) is 23.2. The van der Waals surface area contributed by atoms with Crippen LogP contribution in [0.4, 0.5) is 4.39 Å². The van der Waals surface area contributed by atoms with Crippen LogP contribution < -0.4 is 0 Å². The molecule has 1 fully saturated rings. The number of nitrogens with zero attached hydrogens (tertiary/aromatic N) is 4. The molecule has 11 heteroatoms. The van der Waals surface area contributed by atoms with E-state index in [0.717, 1.165) is 5.56 Å². The van der Waals surface area contributed by atoms with Gasteiger partial charge in [0.2, 0.25) is 0 Å². The highest BCUT2D eigenvalue weighted by molar-refractivity contribution is 8.13. The Morgan fingerprint density at radius 1 is 1.19 bits per heavy atom. The normalized spacial score (nSPS) is 20.5. The minimum atomic E-state index is -3.89. The molecule has 2 aliphatic rings. The second-order valence-electron chi connectivity index (χ2n) is 7.22. The van der Waals surface area contributed by atoms with Crippen LogP contribution in [-0.4, -0.2) is 67.7 Å². The number of amidine groups is 1. The lowest BCUT2D eigenvalue weighted by Crippen LogP contribution is -2.40. The summed E-state index contributed by atoms with van der Waals surface area (Å²) in [7, 11) is -3.89. The summed E-state index contributed by atoms with van der Waals surface area (Å²) in [5.74, 6) is -0.745. The van der Waals surface area contributed by atoms with Crippen molar-refractivity contribution < 1.29 is 17.5 Å². The summed E-state index contributed by atoms with van der Waals surface area (Å²) in [5.41, 5.74) is 1.89. The lowest BCUT2D eigenvalue weighted by molar-refractivity contribution is 0.0730. The fourth-order valence-corrected chi connectivity index (χ4v) is 5.68. The average Bonchev–Trinajstić information content (AvgIpc) is 3.24. The summed E-state index contributed by atoms with van der Waals surface area (Å²) in [6.45, 7) is 1.44.